The molecule has 13 heavy (non-hydrogen) atoms. The molecule has 1 aromatic rings. The fraction of sp³-hybridized carbons (Fsp3) is 0.556. The summed E-state index contributed by atoms with van der Waals surface area (Å²) in [6.45, 7) is 6.67. The summed E-state index contributed by atoms with van der Waals surface area (Å²) in [6.07, 6.45) is 3.84. The predicted octanol–water partition coefficient (Wildman–Crippen LogP) is 0.752. The minimum Gasteiger partial charge on any atom is -0.703 e. The quantitative estimate of drug-likeness (QED) is 0.404. The Morgan fingerprint density at radius 1 is 1.69 bits per heavy atom. The Morgan fingerprint density at radius 3 is 2.92 bits per heavy atom. The van der Waals surface area contributed by atoms with Crippen LogP contribution < -0.4 is 4.57 Å². The summed E-state index contributed by atoms with van der Waals surface area (Å²) in [5.41, 5.74) is 0. The second-order valence-corrected chi connectivity index (χ2v) is 3.26. The van der Waals surface area contributed by atoms with Gasteiger partial charge < -0.3 is 12.6 Å². The van der Waals surface area contributed by atoms with Crippen molar-refractivity contribution < 1.29 is 4.57 Å². The van der Waals surface area contributed by atoms with E-state index in [-0.39, 0.29) is 0 Å². The van der Waals surface area contributed by atoms with Crippen LogP contribution in [0.2, 0.25) is 0 Å². The van der Waals surface area contributed by atoms with Crippen LogP contribution in [0, 0.1) is 0 Å². The van der Waals surface area contributed by atoms with E-state index in [4.69, 9.17) is 12.6 Å². The van der Waals surface area contributed by atoms with Crippen molar-refractivity contribution in [1.82, 2.24) is 9.78 Å². The Bertz CT molecular complexity index is 304. The summed E-state index contributed by atoms with van der Waals surface area (Å²) in [5, 5.41) is 4.87. The Hall–Kier alpha value is -0.900. The Balaban J connectivity index is 2.95. The van der Waals surface area contributed by atoms with Gasteiger partial charge in [0.2, 0.25) is 5.82 Å². The van der Waals surface area contributed by atoms with Gasteiger partial charge in [0.1, 0.15) is 0 Å². The summed E-state index contributed by atoms with van der Waals surface area (Å²) >= 11 is 5.12. The zero-order valence-corrected chi connectivity index (χ0v) is 8.97. The van der Waals surface area contributed by atoms with Crippen molar-refractivity contribution in [1.29, 1.82) is 0 Å². The molecule has 1 rings (SSSR count). The van der Waals surface area contributed by atoms with Crippen LogP contribution in [-0.2, 0) is 32.6 Å². The summed E-state index contributed by atoms with van der Waals surface area (Å²) < 4.78 is 3.91. The van der Waals surface area contributed by atoms with Crippen LogP contribution in [0.15, 0.2) is 17.8 Å². The van der Waals surface area contributed by atoms with Gasteiger partial charge in [-0.05, 0) is 13.3 Å². The molecule has 72 valence electrons. The van der Waals surface area contributed by atoms with Crippen LogP contribution >= 0.6 is 0 Å². The highest BCUT2D eigenvalue weighted by molar-refractivity contribution is 7.58. The molecule has 0 spiro atoms. The minimum absolute atomic E-state index is 0.670. The lowest BCUT2D eigenvalue weighted by Crippen LogP contribution is -2.38. The van der Waals surface area contributed by atoms with E-state index in [0.29, 0.717) is 5.16 Å². The lowest BCUT2D eigenvalue weighted by atomic mass is 10.3. The zero-order chi connectivity index (χ0) is 9.84. The van der Waals surface area contributed by atoms with E-state index in [1.165, 1.54) is 5.82 Å². The van der Waals surface area contributed by atoms with E-state index in [9.17, 15) is 0 Å². The fourth-order valence-corrected chi connectivity index (χ4v) is 1.73. The van der Waals surface area contributed by atoms with Crippen LogP contribution in [-0.4, -0.2) is 9.78 Å². The minimum atomic E-state index is 0.670. The second kappa shape index (κ2) is 4.37. The summed E-state index contributed by atoms with van der Waals surface area (Å²) in [5.74, 6) is 1.17. The Labute approximate surface area is 84.5 Å². The average Bonchev–Trinajstić information content (AvgIpc) is 2.37. The molecule has 0 bridgehead atoms. The third-order valence-corrected chi connectivity index (χ3v) is 2.34. The van der Waals surface area contributed by atoms with Gasteiger partial charge in [0.15, 0.2) is 5.16 Å². The van der Waals surface area contributed by atoms with Gasteiger partial charge in [-0.3, -0.25) is 4.57 Å². The molecule has 4 heteroatoms. The highest BCUT2D eigenvalue weighted by Crippen LogP contribution is 1.98. The van der Waals surface area contributed by atoms with E-state index in [0.717, 1.165) is 19.4 Å². The van der Waals surface area contributed by atoms with Crippen molar-refractivity contribution in [3.8, 4) is 0 Å². The predicted molar refractivity (Wildman–Crippen MR) is 53.2 cm³/mol. The van der Waals surface area contributed by atoms with Gasteiger partial charge in [-0.15, -0.1) is 11.3 Å². The third kappa shape index (κ3) is 2.06. The first-order valence-electron chi connectivity index (χ1n) is 4.44. The molecule has 0 saturated carbocycles. The van der Waals surface area contributed by atoms with Crippen molar-refractivity contribution in [2.45, 2.75) is 31.5 Å². The molecule has 0 amide bonds. The maximum atomic E-state index is 5.12. The second-order valence-electron chi connectivity index (χ2n) is 2.89. The van der Waals surface area contributed by atoms with Crippen molar-refractivity contribution in [3.05, 3.63) is 18.5 Å². The highest BCUT2D eigenvalue weighted by atomic mass is 32.1. The lowest BCUT2D eigenvalue weighted by molar-refractivity contribution is -0.737. The van der Waals surface area contributed by atoms with Gasteiger partial charge in [0.05, 0.1) is 13.6 Å². The monoisotopic (exact) mass is 197 g/mol. The molecule has 0 aliphatic carbocycles. The molecule has 0 N–H and O–H groups in total. The number of hydrogen-bond acceptors (Lipinski definition) is 2. The van der Waals surface area contributed by atoms with Crippen LogP contribution in [0.5, 0.6) is 0 Å². The number of aryl methyl sites for hydroxylation is 1. The first-order chi connectivity index (χ1) is 6.20. The first-order valence-corrected chi connectivity index (χ1v) is 4.85. The molecular formula is C9H15N3S. The number of allylic oxidation sites excluding steroid dienone is 1. The summed E-state index contributed by atoms with van der Waals surface area (Å²) in [7, 11) is 1.93. The van der Waals surface area contributed by atoms with E-state index >= 15 is 0 Å². The van der Waals surface area contributed by atoms with Gasteiger partial charge in [-0.1, -0.05) is 6.08 Å². The van der Waals surface area contributed by atoms with Gasteiger partial charge >= 0.3 is 0 Å². The molecular weight excluding hydrogens is 182 g/mol. The zero-order valence-electron chi connectivity index (χ0n) is 8.16. The van der Waals surface area contributed by atoms with E-state index in [1.807, 2.05) is 17.8 Å². The largest absolute Gasteiger partial charge is 0.703 e. The Morgan fingerprint density at radius 2 is 2.38 bits per heavy atom. The number of hydrogen-bond donors (Lipinski definition) is 0. The van der Waals surface area contributed by atoms with Crippen LogP contribution in [0.1, 0.15) is 19.2 Å². The molecule has 0 aliphatic heterocycles. The van der Waals surface area contributed by atoms with Gasteiger partial charge in [0.25, 0.3) is 0 Å². The van der Waals surface area contributed by atoms with Crippen LogP contribution in [0.25, 0.3) is 0 Å². The molecule has 1 aromatic heterocycles. The van der Waals surface area contributed by atoms with E-state index < -0.39 is 0 Å². The Kier molecular flexibility index (Phi) is 3.42. The fourth-order valence-electron chi connectivity index (χ4n) is 1.37. The molecule has 0 aliphatic rings. The molecule has 1 heterocycles. The van der Waals surface area contributed by atoms with Crippen molar-refractivity contribution in [2.75, 3.05) is 0 Å². The first kappa shape index (κ1) is 10.2. The van der Waals surface area contributed by atoms with Crippen molar-refractivity contribution in [2.24, 2.45) is 7.05 Å². The molecule has 0 radical (unpaired) electrons. The maximum Gasteiger partial charge on any atom is 0.234 e. The van der Waals surface area contributed by atoms with Crippen LogP contribution in [0.4, 0.5) is 0 Å². The van der Waals surface area contributed by atoms with Crippen molar-refractivity contribution in [3.63, 3.8) is 0 Å². The molecule has 0 atom stereocenters. The van der Waals surface area contributed by atoms with Crippen LogP contribution in [0.3, 0.4) is 0 Å². The number of aromatic nitrogens is 3. The average molecular weight is 197 g/mol. The molecule has 3 nitrogen and oxygen atoms in total. The van der Waals surface area contributed by atoms with E-state index in [1.54, 1.807) is 0 Å². The molecule has 0 saturated heterocycles. The van der Waals surface area contributed by atoms with Crippen molar-refractivity contribution >= 4 is 12.6 Å². The van der Waals surface area contributed by atoms with Gasteiger partial charge in [-0.2, -0.15) is 0 Å². The van der Waals surface area contributed by atoms with Gasteiger partial charge in [-0.25, -0.2) is 0 Å². The smallest absolute Gasteiger partial charge is 0.234 e. The highest BCUT2D eigenvalue weighted by Gasteiger charge is 2.13. The van der Waals surface area contributed by atoms with Gasteiger partial charge in [0, 0.05) is 11.5 Å². The SMILES string of the molecule is C=CCCc1n(C)nc([S-])[n+]1CC. The maximum absolute atomic E-state index is 5.12. The standard InChI is InChI=1S/C9H15N3S/c1-4-6-7-8-11(3)10-9(13)12(8)5-2/h4H,1,5-7H2,2-3H3. The lowest BCUT2D eigenvalue weighted by Gasteiger charge is -2.01. The third-order valence-electron chi connectivity index (χ3n) is 2.04. The topological polar surface area (TPSA) is 21.7 Å². The molecule has 0 fully saturated rings. The number of rotatable bonds is 4. The summed E-state index contributed by atoms with van der Waals surface area (Å²) in [6, 6.07) is 0. The normalized spacial score (nSPS) is 10.3. The number of nitrogens with zero attached hydrogens (tertiary/aromatic N) is 3. The molecule has 0 aromatic carbocycles. The van der Waals surface area contributed by atoms with E-state index in [2.05, 4.69) is 23.2 Å². The molecule has 0 unspecified atom stereocenters. The summed E-state index contributed by atoms with van der Waals surface area (Å²) in [4.78, 5) is 0.